The molecule has 2 aromatic rings. The van der Waals surface area contributed by atoms with Gasteiger partial charge in [-0.3, -0.25) is 4.79 Å². The number of fused-ring (bicyclic) bond motifs is 1. The summed E-state index contributed by atoms with van der Waals surface area (Å²) in [4.78, 5) is 14.6. The molecule has 3 rings (SSSR count). The van der Waals surface area contributed by atoms with Gasteiger partial charge in [0.1, 0.15) is 5.78 Å². The van der Waals surface area contributed by atoms with Crippen molar-refractivity contribution in [3.8, 4) is 0 Å². The van der Waals surface area contributed by atoms with Gasteiger partial charge in [0.2, 0.25) is 0 Å². The van der Waals surface area contributed by atoms with E-state index in [1.807, 2.05) is 26.1 Å². The zero-order valence-corrected chi connectivity index (χ0v) is 36.1. The fourth-order valence-corrected chi connectivity index (χ4v) is 7.90. The topological polar surface area (TPSA) is 138 Å². The lowest BCUT2D eigenvalue weighted by Crippen LogP contribution is -2.31. The van der Waals surface area contributed by atoms with Crippen LogP contribution in [0.2, 0.25) is 10.0 Å². The van der Waals surface area contributed by atoms with Gasteiger partial charge < -0.3 is 47.5 Å². The van der Waals surface area contributed by atoms with Crippen molar-refractivity contribution in [3.05, 3.63) is 63.1 Å². The molecule has 0 aromatic heterocycles. The summed E-state index contributed by atoms with van der Waals surface area (Å²) in [7, 11) is -1.47. The van der Waals surface area contributed by atoms with Gasteiger partial charge in [0.15, 0.2) is 9.84 Å². The van der Waals surface area contributed by atoms with Gasteiger partial charge in [-0.05, 0) is 67.8 Å². The largest absolute Gasteiger partial charge is 0.379 e. The molecule has 324 valence electrons. The SMILES string of the molecule is CCOCCOCCOCCOCCOCCOCCC(=O)CCCOCCOCCOCCCS(=O)(=O)c1cccc(C2CN(C)Cc3c(Cl)cc(Cl)cc32)c1. The second-order valence-corrected chi connectivity index (χ2v) is 16.4. The second-order valence-electron chi connectivity index (χ2n) is 13.4. The average Bonchev–Trinajstić information content (AvgIpc) is 3.19. The first kappa shape index (κ1) is 49.6. The van der Waals surface area contributed by atoms with E-state index in [0.29, 0.717) is 166 Å². The molecular weight excluding hydrogens is 801 g/mol. The molecule has 1 heterocycles. The molecule has 13 nitrogen and oxygen atoms in total. The molecule has 0 spiro atoms. The number of nitrogens with zero attached hydrogens (tertiary/aromatic N) is 1. The van der Waals surface area contributed by atoms with E-state index >= 15 is 0 Å². The van der Waals surface area contributed by atoms with Crippen molar-refractivity contribution in [1.82, 2.24) is 4.90 Å². The summed E-state index contributed by atoms with van der Waals surface area (Å²) < 4.78 is 75.5. The molecule has 0 bridgehead atoms. The number of hydrogen-bond acceptors (Lipinski definition) is 13. The highest BCUT2D eigenvalue weighted by Gasteiger charge is 2.28. The maximum Gasteiger partial charge on any atom is 0.178 e. The van der Waals surface area contributed by atoms with Gasteiger partial charge >= 0.3 is 0 Å². The molecule has 57 heavy (non-hydrogen) atoms. The summed E-state index contributed by atoms with van der Waals surface area (Å²) in [5.74, 6) is 0.0773. The first-order valence-electron chi connectivity index (χ1n) is 19.9. The Bertz CT molecular complexity index is 1500. The predicted octanol–water partition coefficient (Wildman–Crippen LogP) is 5.64. The third kappa shape index (κ3) is 21.4. The van der Waals surface area contributed by atoms with E-state index in [-0.39, 0.29) is 17.5 Å². The molecule has 16 heteroatoms. The summed E-state index contributed by atoms with van der Waals surface area (Å²) in [6.07, 6.45) is 1.82. The number of Topliss-reactive ketones (excluding diaryl/α,β-unsaturated/α-hetero) is 1. The van der Waals surface area contributed by atoms with Crippen molar-refractivity contribution in [2.45, 2.75) is 50.0 Å². The van der Waals surface area contributed by atoms with Crippen LogP contribution in [0.25, 0.3) is 0 Å². The van der Waals surface area contributed by atoms with Crippen LogP contribution in [0.15, 0.2) is 41.3 Å². The van der Waals surface area contributed by atoms with E-state index in [2.05, 4.69) is 4.90 Å². The zero-order chi connectivity index (χ0) is 41.0. The molecule has 0 N–H and O–H groups in total. The standard InChI is InChI=1S/C41H63Cl2NO12S/c1-3-48-14-15-52-22-23-55-26-27-56-25-24-54-21-18-51-13-10-36(45)8-5-11-49-16-19-53-20-17-50-12-6-28-57(46,47)37-9-4-7-34(29-37)39-32-44(2)33-40-38(39)30-35(42)31-41(40)43/h4,7,9,29-31,39H,3,5-6,8,10-28,32-33H2,1-2H3. The zero-order valence-electron chi connectivity index (χ0n) is 33.7. The fraction of sp³-hybridized carbons (Fsp3) is 0.683. The van der Waals surface area contributed by atoms with Crippen LogP contribution in [-0.4, -0.2) is 157 Å². The van der Waals surface area contributed by atoms with Crippen molar-refractivity contribution in [1.29, 1.82) is 0 Å². The van der Waals surface area contributed by atoms with E-state index in [1.165, 1.54) is 0 Å². The van der Waals surface area contributed by atoms with Gasteiger partial charge in [-0.1, -0.05) is 35.3 Å². The second kappa shape index (κ2) is 30.3. The monoisotopic (exact) mass is 863 g/mol. The molecule has 1 aliphatic heterocycles. The minimum absolute atomic E-state index is 0.0170. The molecule has 1 aliphatic rings. The number of ketones is 1. The van der Waals surface area contributed by atoms with Crippen molar-refractivity contribution < 1.29 is 55.8 Å². The van der Waals surface area contributed by atoms with E-state index in [0.717, 1.165) is 23.2 Å². The van der Waals surface area contributed by atoms with Crippen molar-refractivity contribution in [3.63, 3.8) is 0 Å². The molecule has 0 amide bonds. The number of hydrogen-bond donors (Lipinski definition) is 0. The third-order valence-corrected chi connectivity index (χ3v) is 11.2. The van der Waals surface area contributed by atoms with Gasteiger partial charge in [0.05, 0.1) is 110 Å². The van der Waals surface area contributed by atoms with Crippen LogP contribution in [0.1, 0.15) is 55.2 Å². The summed E-state index contributed by atoms with van der Waals surface area (Å²) in [6, 6.07) is 10.8. The van der Waals surface area contributed by atoms with Crippen molar-refractivity contribution in [2.75, 3.05) is 138 Å². The van der Waals surface area contributed by atoms with Crippen LogP contribution in [0.3, 0.4) is 0 Å². The molecule has 0 saturated heterocycles. The van der Waals surface area contributed by atoms with E-state index < -0.39 is 9.84 Å². The number of benzene rings is 2. The molecule has 0 aliphatic carbocycles. The van der Waals surface area contributed by atoms with Crippen LogP contribution in [-0.2, 0) is 63.8 Å². The lowest BCUT2D eigenvalue weighted by molar-refractivity contribution is -0.120. The highest BCUT2D eigenvalue weighted by Crippen LogP contribution is 2.39. The smallest absolute Gasteiger partial charge is 0.178 e. The Labute approximate surface area is 349 Å². The Hall–Kier alpha value is -1.76. The number of ether oxygens (including phenoxy) is 9. The molecule has 1 unspecified atom stereocenters. The molecular formula is C41H63Cl2NO12S. The van der Waals surface area contributed by atoms with E-state index in [1.54, 1.807) is 24.3 Å². The Morgan fingerprint density at radius 2 is 1.18 bits per heavy atom. The Kier molecular flexibility index (Phi) is 26.4. The Morgan fingerprint density at radius 3 is 1.74 bits per heavy atom. The highest BCUT2D eigenvalue weighted by molar-refractivity contribution is 7.91. The van der Waals surface area contributed by atoms with Crippen LogP contribution in [0.5, 0.6) is 0 Å². The minimum Gasteiger partial charge on any atom is -0.379 e. The number of likely N-dealkylation sites (N-methyl/N-ethyl adjacent to an activating group) is 1. The predicted molar refractivity (Wildman–Crippen MR) is 220 cm³/mol. The molecule has 1 atom stereocenters. The minimum atomic E-state index is -3.50. The van der Waals surface area contributed by atoms with Gasteiger partial charge in [-0.2, -0.15) is 0 Å². The molecule has 2 aromatic carbocycles. The molecule has 0 radical (unpaired) electrons. The fourth-order valence-electron chi connectivity index (χ4n) is 5.99. The number of halogens is 2. The molecule has 0 saturated carbocycles. The van der Waals surface area contributed by atoms with E-state index in [4.69, 9.17) is 65.8 Å². The summed E-state index contributed by atoms with van der Waals surface area (Å²) in [5.41, 5.74) is 2.97. The van der Waals surface area contributed by atoms with Crippen LogP contribution in [0, 0.1) is 0 Å². The maximum absolute atomic E-state index is 13.2. The Morgan fingerprint density at radius 1 is 0.667 bits per heavy atom. The van der Waals surface area contributed by atoms with Gasteiger partial charge in [0, 0.05) is 61.7 Å². The Balaban J connectivity index is 1.09. The summed E-state index contributed by atoms with van der Waals surface area (Å²) in [6.45, 7) is 11.9. The number of sulfone groups is 1. The summed E-state index contributed by atoms with van der Waals surface area (Å²) in [5, 5.41) is 1.19. The van der Waals surface area contributed by atoms with Gasteiger partial charge in [0.25, 0.3) is 0 Å². The quantitative estimate of drug-likeness (QED) is 0.0792. The number of carbonyl (C=O) groups is 1. The first-order chi connectivity index (χ1) is 27.7. The van der Waals surface area contributed by atoms with Crippen molar-refractivity contribution >= 4 is 38.8 Å². The lowest BCUT2D eigenvalue weighted by Gasteiger charge is -2.33. The van der Waals surface area contributed by atoms with Crippen LogP contribution >= 0.6 is 23.2 Å². The summed E-state index contributed by atoms with van der Waals surface area (Å²) >= 11 is 12.8. The highest BCUT2D eigenvalue weighted by atomic mass is 35.5. The third-order valence-electron chi connectivity index (χ3n) is 8.89. The van der Waals surface area contributed by atoms with Gasteiger partial charge in [-0.25, -0.2) is 8.42 Å². The van der Waals surface area contributed by atoms with Crippen LogP contribution < -0.4 is 0 Å². The maximum atomic E-state index is 13.2. The normalized spacial score (nSPS) is 14.6. The van der Waals surface area contributed by atoms with Gasteiger partial charge in [-0.15, -0.1) is 0 Å². The lowest BCUT2D eigenvalue weighted by atomic mass is 9.85. The number of rotatable bonds is 35. The van der Waals surface area contributed by atoms with E-state index in [9.17, 15) is 13.2 Å². The first-order valence-corrected chi connectivity index (χ1v) is 22.3. The van der Waals surface area contributed by atoms with Crippen molar-refractivity contribution in [2.24, 2.45) is 0 Å². The number of carbonyl (C=O) groups excluding carboxylic acids is 1. The van der Waals surface area contributed by atoms with Crippen LogP contribution in [0.4, 0.5) is 0 Å². The molecule has 0 fully saturated rings. The average molecular weight is 865 g/mol.